The van der Waals surface area contributed by atoms with Gasteiger partial charge in [-0.2, -0.15) is 0 Å². The highest BCUT2D eigenvalue weighted by Gasteiger charge is 2.19. The predicted molar refractivity (Wildman–Crippen MR) is 69.2 cm³/mol. The van der Waals surface area contributed by atoms with Gasteiger partial charge in [-0.15, -0.1) is 0 Å². The fraction of sp³-hybridized carbons (Fsp3) is 0.500. The average molecular weight is 269 g/mol. The molecular weight excluding hydrogens is 252 g/mol. The summed E-state index contributed by atoms with van der Waals surface area (Å²) in [5.41, 5.74) is 8.10. The van der Waals surface area contributed by atoms with E-state index in [0.29, 0.717) is 6.04 Å². The fourth-order valence-corrected chi connectivity index (χ4v) is 2.62. The van der Waals surface area contributed by atoms with Crippen LogP contribution >= 0.6 is 15.9 Å². The van der Waals surface area contributed by atoms with Gasteiger partial charge in [-0.1, -0.05) is 15.9 Å². The molecule has 1 aromatic rings. The van der Waals surface area contributed by atoms with Crippen LogP contribution in [0, 0.1) is 0 Å². The second-order valence-electron chi connectivity index (χ2n) is 4.24. The van der Waals surface area contributed by atoms with Crippen LogP contribution in [0.15, 0.2) is 22.7 Å². The normalized spacial score (nSPS) is 21.7. The third-order valence-corrected chi connectivity index (χ3v) is 3.60. The molecule has 0 aliphatic carbocycles. The first-order valence-corrected chi connectivity index (χ1v) is 6.29. The van der Waals surface area contributed by atoms with Crippen LogP contribution in [-0.2, 0) is 0 Å². The van der Waals surface area contributed by atoms with Crippen molar-refractivity contribution < 1.29 is 0 Å². The molecule has 1 heterocycles. The minimum absolute atomic E-state index is 0.613. The van der Waals surface area contributed by atoms with Gasteiger partial charge >= 0.3 is 0 Å². The number of rotatable bonds is 1. The molecule has 0 amide bonds. The van der Waals surface area contributed by atoms with E-state index in [4.69, 9.17) is 5.73 Å². The monoisotopic (exact) mass is 268 g/mol. The Morgan fingerprint density at radius 2 is 2.20 bits per heavy atom. The van der Waals surface area contributed by atoms with Gasteiger partial charge in [-0.3, -0.25) is 0 Å². The molecule has 0 spiro atoms. The first-order chi connectivity index (χ1) is 7.18. The van der Waals surface area contributed by atoms with Crippen LogP contribution in [0.1, 0.15) is 26.2 Å². The number of hydrogen-bond donors (Lipinski definition) is 1. The van der Waals surface area contributed by atoms with E-state index in [1.54, 1.807) is 0 Å². The van der Waals surface area contributed by atoms with E-state index in [2.05, 4.69) is 39.9 Å². The van der Waals surface area contributed by atoms with Crippen LogP contribution in [0.4, 0.5) is 11.4 Å². The van der Waals surface area contributed by atoms with Gasteiger partial charge in [0, 0.05) is 17.1 Å². The van der Waals surface area contributed by atoms with Gasteiger partial charge in [0.1, 0.15) is 0 Å². The number of nitrogen functional groups attached to an aromatic ring is 1. The smallest absolute Gasteiger partial charge is 0.0603 e. The van der Waals surface area contributed by atoms with Gasteiger partial charge < -0.3 is 10.6 Å². The maximum Gasteiger partial charge on any atom is 0.0603 e. The number of halogens is 1. The Morgan fingerprint density at radius 1 is 1.40 bits per heavy atom. The van der Waals surface area contributed by atoms with Crippen LogP contribution < -0.4 is 10.6 Å². The maximum absolute atomic E-state index is 6.04. The van der Waals surface area contributed by atoms with E-state index >= 15 is 0 Å². The molecule has 82 valence electrons. The maximum atomic E-state index is 6.04. The zero-order valence-corrected chi connectivity index (χ0v) is 10.6. The lowest BCUT2D eigenvalue weighted by molar-refractivity contribution is 0.485. The molecule has 0 radical (unpaired) electrons. The molecule has 1 aliphatic heterocycles. The second-order valence-corrected chi connectivity index (χ2v) is 5.16. The van der Waals surface area contributed by atoms with Crippen molar-refractivity contribution in [2.75, 3.05) is 17.2 Å². The van der Waals surface area contributed by atoms with Gasteiger partial charge in [0.25, 0.3) is 0 Å². The Bertz CT molecular complexity index is 351. The summed E-state index contributed by atoms with van der Waals surface area (Å²) in [4.78, 5) is 2.42. The number of benzene rings is 1. The van der Waals surface area contributed by atoms with Gasteiger partial charge in [0.05, 0.1) is 11.4 Å². The van der Waals surface area contributed by atoms with E-state index < -0.39 is 0 Å². The molecule has 1 aliphatic rings. The second kappa shape index (κ2) is 4.44. The summed E-state index contributed by atoms with van der Waals surface area (Å²) in [5.74, 6) is 0. The summed E-state index contributed by atoms with van der Waals surface area (Å²) in [6.07, 6.45) is 3.89. The number of anilines is 2. The van der Waals surface area contributed by atoms with Crippen molar-refractivity contribution in [3.05, 3.63) is 22.7 Å². The van der Waals surface area contributed by atoms with Crippen LogP contribution in [-0.4, -0.2) is 12.6 Å². The molecule has 0 unspecified atom stereocenters. The van der Waals surface area contributed by atoms with Crippen molar-refractivity contribution in [3.63, 3.8) is 0 Å². The lowest BCUT2D eigenvalue weighted by atomic mass is 10.0. The lowest BCUT2D eigenvalue weighted by Gasteiger charge is -2.36. The molecule has 1 aromatic carbocycles. The van der Waals surface area contributed by atoms with E-state index in [-0.39, 0.29) is 0 Å². The Balaban J connectivity index is 2.27. The number of nitrogens with zero attached hydrogens (tertiary/aromatic N) is 1. The Kier molecular flexibility index (Phi) is 3.19. The number of hydrogen-bond acceptors (Lipinski definition) is 2. The summed E-state index contributed by atoms with van der Waals surface area (Å²) in [7, 11) is 0. The highest BCUT2D eigenvalue weighted by molar-refractivity contribution is 9.10. The van der Waals surface area contributed by atoms with Crippen molar-refractivity contribution in [3.8, 4) is 0 Å². The zero-order valence-electron chi connectivity index (χ0n) is 9.04. The highest BCUT2D eigenvalue weighted by atomic mass is 79.9. The van der Waals surface area contributed by atoms with Crippen molar-refractivity contribution in [2.24, 2.45) is 0 Å². The summed E-state index contributed by atoms with van der Waals surface area (Å²) in [5, 5.41) is 0. The van der Waals surface area contributed by atoms with Gasteiger partial charge in [-0.05, 0) is 44.4 Å². The van der Waals surface area contributed by atoms with Gasteiger partial charge in [0.2, 0.25) is 0 Å². The van der Waals surface area contributed by atoms with Crippen molar-refractivity contribution >= 4 is 27.3 Å². The van der Waals surface area contributed by atoms with Crippen LogP contribution in [0.5, 0.6) is 0 Å². The van der Waals surface area contributed by atoms with E-state index in [1.807, 2.05) is 6.07 Å². The first kappa shape index (κ1) is 10.8. The topological polar surface area (TPSA) is 29.3 Å². The quantitative estimate of drug-likeness (QED) is 0.791. The zero-order chi connectivity index (χ0) is 10.8. The summed E-state index contributed by atoms with van der Waals surface area (Å²) >= 11 is 3.44. The highest BCUT2D eigenvalue weighted by Crippen LogP contribution is 2.31. The molecule has 0 bridgehead atoms. The third kappa shape index (κ3) is 2.28. The van der Waals surface area contributed by atoms with Crippen molar-refractivity contribution in [2.45, 2.75) is 32.2 Å². The fourth-order valence-electron chi connectivity index (χ4n) is 2.24. The first-order valence-electron chi connectivity index (χ1n) is 5.50. The Hall–Kier alpha value is -0.700. The minimum atomic E-state index is 0.613. The standard InChI is InChI=1S/C12H17BrN2/c1-9-4-2-3-7-15(9)12-6-5-10(13)8-11(12)14/h5-6,8-9H,2-4,7,14H2,1H3/t9-/m0/s1. The molecule has 2 N–H and O–H groups in total. The number of nitrogens with two attached hydrogens (primary N) is 1. The van der Waals surface area contributed by atoms with Gasteiger partial charge in [0.15, 0.2) is 0 Å². The molecule has 1 atom stereocenters. The average Bonchev–Trinajstić information content (AvgIpc) is 2.20. The molecule has 0 saturated carbocycles. The number of piperidine rings is 1. The molecule has 2 nitrogen and oxygen atoms in total. The third-order valence-electron chi connectivity index (χ3n) is 3.10. The molecule has 0 aromatic heterocycles. The molecule has 1 fully saturated rings. The van der Waals surface area contributed by atoms with Crippen molar-refractivity contribution in [1.82, 2.24) is 0 Å². The molecular formula is C12H17BrN2. The Morgan fingerprint density at radius 3 is 2.87 bits per heavy atom. The van der Waals surface area contributed by atoms with Crippen LogP contribution in [0.3, 0.4) is 0 Å². The molecule has 15 heavy (non-hydrogen) atoms. The molecule has 3 heteroatoms. The summed E-state index contributed by atoms with van der Waals surface area (Å²) in [6.45, 7) is 3.41. The largest absolute Gasteiger partial charge is 0.397 e. The summed E-state index contributed by atoms with van der Waals surface area (Å²) in [6, 6.07) is 6.77. The van der Waals surface area contributed by atoms with Crippen LogP contribution in [0.2, 0.25) is 0 Å². The van der Waals surface area contributed by atoms with Crippen molar-refractivity contribution in [1.29, 1.82) is 0 Å². The molecule has 2 rings (SSSR count). The lowest BCUT2D eigenvalue weighted by Crippen LogP contribution is -2.37. The van der Waals surface area contributed by atoms with E-state index in [0.717, 1.165) is 16.7 Å². The van der Waals surface area contributed by atoms with E-state index in [9.17, 15) is 0 Å². The minimum Gasteiger partial charge on any atom is -0.397 e. The van der Waals surface area contributed by atoms with E-state index in [1.165, 1.54) is 24.9 Å². The van der Waals surface area contributed by atoms with Crippen LogP contribution in [0.25, 0.3) is 0 Å². The predicted octanol–water partition coefficient (Wildman–Crippen LogP) is 3.41. The molecule has 1 saturated heterocycles. The summed E-state index contributed by atoms with van der Waals surface area (Å²) < 4.78 is 1.05. The Labute approximate surface area is 99.6 Å². The van der Waals surface area contributed by atoms with Gasteiger partial charge in [-0.25, -0.2) is 0 Å². The SMILES string of the molecule is C[C@H]1CCCCN1c1ccc(Br)cc1N.